The van der Waals surface area contributed by atoms with Gasteiger partial charge in [-0.1, -0.05) is 0 Å². The first-order valence-corrected chi connectivity index (χ1v) is 10.7. The molecule has 11 nitrogen and oxygen atoms in total. The van der Waals surface area contributed by atoms with Crippen LogP contribution < -0.4 is 16.1 Å². The molecule has 1 aliphatic rings. The molecular weight excluding hydrogens is 441 g/mol. The number of hydrogen-bond acceptors (Lipinski definition) is 8. The van der Waals surface area contributed by atoms with E-state index in [9.17, 15) is 19.4 Å². The zero-order valence-electron chi connectivity index (χ0n) is 19.8. The summed E-state index contributed by atoms with van der Waals surface area (Å²) >= 11 is 0. The van der Waals surface area contributed by atoms with Gasteiger partial charge in [0.1, 0.15) is 29.0 Å². The lowest BCUT2D eigenvalue weighted by Gasteiger charge is -2.28. The maximum atomic E-state index is 12.7. The Balaban J connectivity index is 1.71. The van der Waals surface area contributed by atoms with Gasteiger partial charge in [0.05, 0.1) is 13.2 Å². The molecule has 2 aromatic rings. The van der Waals surface area contributed by atoms with Gasteiger partial charge < -0.3 is 25.1 Å². The van der Waals surface area contributed by atoms with Gasteiger partial charge in [0, 0.05) is 18.8 Å². The van der Waals surface area contributed by atoms with Crippen LogP contribution in [0, 0.1) is 0 Å². The Morgan fingerprint density at radius 3 is 2.44 bits per heavy atom. The van der Waals surface area contributed by atoms with E-state index < -0.39 is 29.6 Å². The fourth-order valence-corrected chi connectivity index (χ4v) is 3.07. The van der Waals surface area contributed by atoms with E-state index in [1.807, 2.05) is 0 Å². The van der Waals surface area contributed by atoms with Crippen LogP contribution in [0.15, 0.2) is 24.4 Å². The molecule has 3 amide bonds. The van der Waals surface area contributed by atoms with Gasteiger partial charge in [0.2, 0.25) is 5.91 Å². The number of fused-ring (bicyclic) bond motifs is 1. The summed E-state index contributed by atoms with van der Waals surface area (Å²) < 4.78 is 10.6. The van der Waals surface area contributed by atoms with E-state index in [2.05, 4.69) is 20.6 Å². The van der Waals surface area contributed by atoms with E-state index in [4.69, 9.17) is 9.47 Å². The molecule has 3 N–H and O–H groups in total. The standard InChI is InChI=1S/C22H28BN5O6/c1-12(28(5)21(31)34-22(2,3)4)19(29)26-17-7-15(23-32)8-18(25-17)27-20(30)16-6-13-10-33-11-14(13)9-24-16/h6-9,12,23,32H,10-11H2,1-5H3,(H2,25,26,27,29,30). The lowest BCUT2D eigenvalue weighted by molar-refractivity contribution is -0.120. The number of rotatable bonds is 6. The summed E-state index contributed by atoms with van der Waals surface area (Å²) in [5, 5.41) is 14.8. The molecule has 0 saturated heterocycles. The molecule has 0 radical (unpaired) electrons. The predicted molar refractivity (Wildman–Crippen MR) is 126 cm³/mol. The summed E-state index contributed by atoms with van der Waals surface area (Å²) in [6.07, 6.45) is 0.954. The number of anilines is 2. The molecular formula is C22H28BN5O6. The van der Waals surface area contributed by atoms with Gasteiger partial charge in [-0.2, -0.15) is 0 Å². The molecule has 34 heavy (non-hydrogen) atoms. The second kappa shape index (κ2) is 10.2. The van der Waals surface area contributed by atoms with Gasteiger partial charge in [0.15, 0.2) is 0 Å². The number of likely N-dealkylation sites (N-methyl/N-ethyl adjacent to an activating group) is 1. The van der Waals surface area contributed by atoms with E-state index in [-0.39, 0.29) is 24.8 Å². The predicted octanol–water partition coefficient (Wildman–Crippen LogP) is 0.922. The van der Waals surface area contributed by atoms with E-state index in [0.29, 0.717) is 18.7 Å². The molecule has 12 heteroatoms. The second-order valence-electron chi connectivity index (χ2n) is 8.95. The average molecular weight is 469 g/mol. The van der Waals surface area contributed by atoms with Crippen molar-refractivity contribution in [2.45, 2.75) is 52.6 Å². The first-order valence-electron chi connectivity index (χ1n) is 10.7. The summed E-state index contributed by atoms with van der Waals surface area (Å²) in [6.45, 7) is 7.62. The van der Waals surface area contributed by atoms with Crippen LogP contribution in [0.25, 0.3) is 0 Å². The highest BCUT2D eigenvalue weighted by Gasteiger charge is 2.27. The largest absolute Gasteiger partial charge is 0.449 e. The molecule has 1 unspecified atom stereocenters. The molecule has 3 heterocycles. The highest BCUT2D eigenvalue weighted by atomic mass is 16.6. The topological polar surface area (TPSA) is 143 Å². The van der Waals surface area contributed by atoms with Gasteiger partial charge in [-0.3, -0.25) is 19.5 Å². The minimum absolute atomic E-state index is 0.103. The van der Waals surface area contributed by atoms with Crippen LogP contribution in [0.4, 0.5) is 16.4 Å². The minimum Gasteiger partial charge on any atom is -0.449 e. The zero-order chi connectivity index (χ0) is 25.0. The molecule has 0 bridgehead atoms. The number of pyridine rings is 2. The lowest BCUT2D eigenvalue weighted by Crippen LogP contribution is -2.45. The molecule has 3 rings (SSSR count). The fraction of sp³-hybridized carbons (Fsp3) is 0.409. The molecule has 0 spiro atoms. The fourth-order valence-electron chi connectivity index (χ4n) is 3.07. The third-order valence-corrected chi connectivity index (χ3v) is 5.03. The Morgan fingerprint density at radius 1 is 1.15 bits per heavy atom. The Kier molecular flexibility index (Phi) is 7.52. The van der Waals surface area contributed by atoms with Crippen LogP contribution in [-0.2, 0) is 27.5 Å². The third kappa shape index (κ3) is 6.30. The Bertz CT molecular complexity index is 1100. The number of carbonyl (C=O) groups is 3. The maximum absolute atomic E-state index is 12.7. The highest BCUT2D eigenvalue weighted by Crippen LogP contribution is 2.20. The van der Waals surface area contributed by atoms with Gasteiger partial charge >= 0.3 is 13.6 Å². The molecule has 180 valence electrons. The lowest BCUT2D eigenvalue weighted by atomic mass is 9.89. The molecule has 0 aromatic carbocycles. The monoisotopic (exact) mass is 469 g/mol. The van der Waals surface area contributed by atoms with Crippen LogP contribution in [0.1, 0.15) is 49.3 Å². The van der Waals surface area contributed by atoms with Crippen LogP contribution in [0.5, 0.6) is 0 Å². The van der Waals surface area contributed by atoms with E-state index in [1.165, 1.54) is 24.1 Å². The van der Waals surface area contributed by atoms with Crippen molar-refractivity contribution in [3.8, 4) is 0 Å². The second-order valence-corrected chi connectivity index (χ2v) is 8.95. The summed E-state index contributed by atoms with van der Waals surface area (Å²) in [5.41, 5.74) is 1.75. The number of carbonyl (C=O) groups excluding carboxylic acids is 3. The number of nitrogens with one attached hydrogen (secondary N) is 2. The van der Waals surface area contributed by atoms with Crippen LogP contribution >= 0.6 is 0 Å². The van der Waals surface area contributed by atoms with Crippen molar-refractivity contribution in [2.24, 2.45) is 0 Å². The molecule has 2 aromatic heterocycles. The van der Waals surface area contributed by atoms with E-state index >= 15 is 0 Å². The maximum Gasteiger partial charge on any atom is 0.410 e. The summed E-state index contributed by atoms with van der Waals surface area (Å²) in [4.78, 5) is 47.2. The SMILES string of the molecule is CC(C(=O)Nc1cc(BO)cc(NC(=O)c2cc3c(cn2)COC3)n1)N(C)C(=O)OC(C)(C)C. The van der Waals surface area contributed by atoms with Crippen LogP contribution in [-0.4, -0.2) is 64.0 Å². The first kappa shape index (κ1) is 25.1. The highest BCUT2D eigenvalue weighted by molar-refractivity contribution is 6.45. The summed E-state index contributed by atoms with van der Waals surface area (Å²) in [5.74, 6) is -0.786. The van der Waals surface area contributed by atoms with Crippen LogP contribution in [0.2, 0.25) is 0 Å². The third-order valence-electron chi connectivity index (χ3n) is 5.03. The number of ether oxygens (including phenoxy) is 2. The normalized spacial score (nSPS) is 13.5. The Labute approximate surface area is 198 Å². The van der Waals surface area contributed by atoms with Crippen molar-refractivity contribution < 1.29 is 28.9 Å². The average Bonchev–Trinajstić information content (AvgIpc) is 3.24. The number of amides is 3. The van der Waals surface area contributed by atoms with Crippen molar-refractivity contribution in [1.82, 2.24) is 14.9 Å². The smallest absolute Gasteiger partial charge is 0.410 e. The Hall–Kier alpha value is -3.51. The van der Waals surface area contributed by atoms with E-state index in [1.54, 1.807) is 40.0 Å². The zero-order valence-corrected chi connectivity index (χ0v) is 19.8. The van der Waals surface area contributed by atoms with Gasteiger partial charge in [-0.05, 0) is 56.9 Å². The number of aromatic nitrogens is 2. The van der Waals surface area contributed by atoms with Crippen molar-refractivity contribution in [1.29, 1.82) is 0 Å². The molecule has 0 saturated carbocycles. The van der Waals surface area contributed by atoms with Crippen molar-refractivity contribution >= 4 is 42.5 Å². The Morgan fingerprint density at radius 2 is 1.79 bits per heavy atom. The van der Waals surface area contributed by atoms with Crippen molar-refractivity contribution in [3.05, 3.63) is 41.2 Å². The quantitative estimate of drug-likeness (QED) is 0.530. The van der Waals surface area contributed by atoms with Gasteiger partial charge in [0.25, 0.3) is 5.91 Å². The number of hydrogen-bond donors (Lipinski definition) is 3. The molecule has 0 aliphatic carbocycles. The minimum atomic E-state index is -0.870. The molecule has 1 aliphatic heterocycles. The molecule has 1 atom stereocenters. The first-order chi connectivity index (χ1) is 16.0. The van der Waals surface area contributed by atoms with Crippen molar-refractivity contribution in [2.75, 3.05) is 17.7 Å². The molecule has 0 fully saturated rings. The van der Waals surface area contributed by atoms with Crippen molar-refractivity contribution in [3.63, 3.8) is 0 Å². The summed E-state index contributed by atoms with van der Waals surface area (Å²) in [6, 6.07) is 3.74. The summed E-state index contributed by atoms with van der Waals surface area (Å²) in [7, 11) is 1.12. The van der Waals surface area contributed by atoms with Crippen LogP contribution in [0.3, 0.4) is 0 Å². The number of nitrogens with zero attached hydrogens (tertiary/aromatic N) is 3. The van der Waals surface area contributed by atoms with E-state index in [0.717, 1.165) is 11.1 Å². The van der Waals surface area contributed by atoms with Gasteiger partial charge in [-0.15, -0.1) is 0 Å². The van der Waals surface area contributed by atoms with Gasteiger partial charge in [-0.25, -0.2) is 9.78 Å².